The molecule has 3 heterocycles. The van der Waals surface area contributed by atoms with Gasteiger partial charge in [-0.25, -0.2) is 9.67 Å². The number of amides is 1. The second-order valence-electron chi connectivity index (χ2n) is 7.98. The van der Waals surface area contributed by atoms with E-state index in [4.69, 9.17) is 11.6 Å². The molecule has 0 aliphatic carbocycles. The molecule has 1 aliphatic rings. The highest BCUT2D eigenvalue weighted by Gasteiger charge is 2.31. The molecule has 0 spiro atoms. The van der Waals surface area contributed by atoms with Crippen molar-refractivity contribution in [2.75, 3.05) is 31.1 Å². The summed E-state index contributed by atoms with van der Waals surface area (Å²) in [6.45, 7) is 4.20. The molecule has 1 aromatic carbocycles. The highest BCUT2D eigenvalue weighted by Crippen LogP contribution is 2.29. The molecule has 0 N–H and O–H groups in total. The van der Waals surface area contributed by atoms with Crippen molar-refractivity contribution in [1.82, 2.24) is 19.7 Å². The monoisotopic (exact) mass is 489 g/mol. The van der Waals surface area contributed by atoms with Gasteiger partial charge in [-0.05, 0) is 30.7 Å². The molecular weight excluding hydrogens is 467 g/mol. The maximum atomic E-state index is 12.7. The summed E-state index contributed by atoms with van der Waals surface area (Å²) in [7, 11) is 0. The summed E-state index contributed by atoms with van der Waals surface area (Å²) >= 11 is 6.52. The number of hydrogen-bond donors (Lipinski definition) is 0. The SMILES string of the molecule is Cc1nn(Cc2ccccc2)c(Cl)c1/C=C/C(=O)N1CCN(c2ccc(C(F)(F)F)cn2)CC1. The zero-order valence-electron chi connectivity index (χ0n) is 18.5. The van der Waals surface area contributed by atoms with E-state index in [-0.39, 0.29) is 5.91 Å². The number of pyridine rings is 1. The van der Waals surface area contributed by atoms with Gasteiger partial charge >= 0.3 is 6.18 Å². The van der Waals surface area contributed by atoms with Crippen LogP contribution in [0.4, 0.5) is 19.0 Å². The first-order valence-corrected chi connectivity index (χ1v) is 11.1. The van der Waals surface area contributed by atoms with Crippen LogP contribution < -0.4 is 4.90 Å². The Kier molecular flexibility index (Phi) is 6.92. The van der Waals surface area contributed by atoms with Gasteiger partial charge in [0.05, 0.1) is 17.8 Å². The Morgan fingerprint density at radius 2 is 1.79 bits per heavy atom. The average molecular weight is 490 g/mol. The first kappa shape index (κ1) is 23.8. The van der Waals surface area contributed by atoms with E-state index >= 15 is 0 Å². The number of hydrogen-bond acceptors (Lipinski definition) is 4. The summed E-state index contributed by atoms with van der Waals surface area (Å²) in [5, 5.41) is 4.95. The topological polar surface area (TPSA) is 54.3 Å². The van der Waals surface area contributed by atoms with Crippen molar-refractivity contribution in [3.05, 3.63) is 82.3 Å². The van der Waals surface area contributed by atoms with E-state index in [1.165, 1.54) is 12.1 Å². The molecule has 0 unspecified atom stereocenters. The maximum Gasteiger partial charge on any atom is 0.417 e. The Balaban J connectivity index is 1.36. The average Bonchev–Trinajstić information content (AvgIpc) is 3.09. The molecule has 6 nitrogen and oxygen atoms in total. The minimum atomic E-state index is -4.41. The molecule has 0 saturated carbocycles. The molecule has 10 heteroatoms. The molecule has 2 aromatic heterocycles. The van der Waals surface area contributed by atoms with E-state index in [0.717, 1.165) is 23.5 Å². The summed E-state index contributed by atoms with van der Waals surface area (Å²) in [5.41, 5.74) is 1.71. The second kappa shape index (κ2) is 9.89. The number of benzene rings is 1. The van der Waals surface area contributed by atoms with Crippen molar-refractivity contribution in [1.29, 1.82) is 0 Å². The van der Waals surface area contributed by atoms with Gasteiger partial charge in [-0.2, -0.15) is 18.3 Å². The number of aromatic nitrogens is 3. The number of anilines is 1. The lowest BCUT2D eigenvalue weighted by atomic mass is 10.2. The number of carbonyl (C=O) groups is 1. The minimum Gasteiger partial charge on any atom is -0.353 e. The summed E-state index contributed by atoms with van der Waals surface area (Å²) in [6, 6.07) is 12.2. The first-order valence-electron chi connectivity index (χ1n) is 10.7. The van der Waals surface area contributed by atoms with Gasteiger partial charge in [0.15, 0.2) is 0 Å². The van der Waals surface area contributed by atoms with Gasteiger partial charge in [0.2, 0.25) is 5.91 Å². The fourth-order valence-corrected chi connectivity index (χ4v) is 4.07. The Morgan fingerprint density at radius 1 is 1.09 bits per heavy atom. The van der Waals surface area contributed by atoms with Crippen LogP contribution in [-0.4, -0.2) is 51.8 Å². The van der Waals surface area contributed by atoms with Crippen LogP contribution in [0, 0.1) is 6.92 Å². The van der Waals surface area contributed by atoms with Crippen LogP contribution in [0.15, 0.2) is 54.7 Å². The molecule has 3 aromatic rings. The van der Waals surface area contributed by atoms with Crippen LogP contribution in [0.3, 0.4) is 0 Å². The molecule has 0 radical (unpaired) electrons. The van der Waals surface area contributed by atoms with Crippen molar-refractivity contribution in [3.8, 4) is 0 Å². The van der Waals surface area contributed by atoms with Crippen LogP contribution >= 0.6 is 11.6 Å². The predicted molar refractivity (Wildman–Crippen MR) is 125 cm³/mol. The van der Waals surface area contributed by atoms with E-state index in [9.17, 15) is 18.0 Å². The smallest absolute Gasteiger partial charge is 0.353 e. The number of carbonyl (C=O) groups excluding carboxylic acids is 1. The zero-order chi connectivity index (χ0) is 24.3. The van der Waals surface area contributed by atoms with E-state index in [1.54, 1.807) is 15.7 Å². The van der Waals surface area contributed by atoms with E-state index < -0.39 is 11.7 Å². The molecular formula is C24H23ClF3N5O. The molecule has 1 aliphatic heterocycles. The largest absolute Gasteiger partial charge is 0.417 e. The molecule has 1 saturated heterocycles. The number of halogens is 4. The number of aryl methyl sites for hydroxylation is 1. The van der Waals surface area contributed by atoms with Gasteiger partial charge in [0.25, 0.3) is 0 Å². The van der Waals surface area contributed by atoms with Crippen molar-refractivity contribution in [3.63, 3.8) is 0 Å². The third-order valence-corrected chi connectivity index (χ3v) is 6.07. The number of rotatable bonds is 5. The Morgan fingerprint density at radius 3 is 2.41 bits per heavy atom. The highest BCUT2D eigenvalue weighted by molar-refractivity contribution is 6.31. The van der Waals surface area contributed by atoms with Crippen LogP contribution in [0.25, 0.3) is 6.08 Å². The molecule has 0 bridgehead atoms. The zero-order valence-corrected chi connectivity index (χ0v) is 19.2. The highest BCUT2D eigenvalue weighted by atomic mass is 35.5. The molecule has 1 fully saturated rings. The van der Waals surface area contributed by atoms with E-state index in [1.807, 2.05) is 42.2 Å². The molecule has 0 atom stereocenters. The van der Waals surface area contributed by atoms with E-state index in [0.29, 0.717) is 49.3 Å². The van der Waals surface area contributed by atoms with Crippen molar-refractivity contribution in [2.24, 2.45) is 0 Å². The van der Waals surface area contributed by atoms with Crippen molar-refractivity contribution < 1.29 is 18.0 Å². The lowest BCUT2D eigenvalue weighted by Gasteiger charge is -2.35. The van der Waals surface area contributed by atoms with Gasteiger partial charge in [-0.1, -0.05) is 41.9 Å². The van der Waals surface area contributed by atoms with Crippen LogP contribution in [-0.2, 0) is 17.5 Å². The molecule has 4 rings (SSSR count). The van der Waals surface area contributed by atoms with E-state index in [2.05, 4.69) is 10.1 Å². The minimum absolute atomic E-state index is 0.161. The Bertz CT molecular complexity index is 1170. The third kappa shape index (κ3) is 5.41. The Labute approximate surface area is 200 Å². The van der Waals surface area contributed by atoms with Gasteiger partial charge in [-0.15, -0.1) is 0 Å². The summed E-state index contributed by atoms with van der Waals surface area (Å²) < 4.78 is 39.9. The normalized spacial score (nSPS) is 14.7. The fraction of sp³-hybridized carbons (Fsp3) is 0.292. The summed E-state index contributed by atoms with van der Waals surface area (Å²) in [4.78, 5) is 20.2. The van der Waals surface area contributed by atoms with Crippen LogP contribution in [0.5, 0.6) is 0 Å². The quantitative estimate of drug-likeness (QED) is 0.489. The van der Waals surface area contributed by atoms with Crippen molar-refractivity contribution in [2.45, 2.75) is 19.6 Å². The molecule has 178 valence electrons. The fourth-order valence-electron chi connectivity index (χ4n) is 3.77. The number of nitrogens with zero attached hydrogens (tertiary/aromatic N) is 5. The molecule has 1 amide bonds. The van der Waals surface area contributed by atoms with Crippen molar-refractivity contribution >= 4 is 29.4 Å². The maximum absolute atomic E-state index is 12.7. The van der Waals surface area contributed by atoms with Gasteiger partial charge in [0, 0.05) is 44.0 Å². The standard InChI is InChI=1S/C24H23ClF3N5O/c1-17-20(23(25)33(30-17)16-18-5-3-2-4-6-18)8-10-22(34)32-13-11-31(12-14-32)21-9-7-19(15-29-21)24(26,27)28/h2-10,15H,11-14,16H2,1H3/b10-8+. The van der Waals surface area contributed by atoms with Gasteiger partial charge < -0.3 is 9.80 Å². The first-order chi connectivity index (χ1) is 16.2. The number of piperazine rings is 1. The predicted octanol–water partition coefficient (Wildman–Crippen LogP) is 4.67. The summed E-state index contributed by atoms with van der Waals surface area (Å²) in [5.74, 6) is 0.301. The Hall–Kier alpha value is -3.33. The molecule has 34 heavy (non-hydrogen) atoms. The second-order valence-corrected chi connectivity index (χ2v) is 8.34. The number of alkyl halides is 3. The van der Waals surface area contributed by atoms with Gasteiger partial charge in [-0.3, -0.25) is 4.79 Å². The lowest BCUT2D eigenvalue weighted by Crippen LogP contribution is -2.48. The van der Waals surface area contributed by atoms with Gasteiger partial charge in [0.1, 0.15) is 11.0 Å². The third-order valence-electron chi connectivity index (χ3n) is 5.67. The summed E-state index contributed by atoms with van der Waals surface area (Å²) in [6.07, 6.45) is -0.422. The van der Waals surface area contributed by atoms with Crippen LogP contribution in [0.1, 0.15) is 22.4 Å². The lowest BCUT2D eigenvalue weighted by molar-refractivity contribution is -0.137. The van der Waals surface area contributed by atoms with Crippen LogP contribution in [0.2, 0.25) is 5.15 Å².